The minimum atomic E-state index is -1.90. The van der Waals surface area contributed by atoms with Gasteiger partial charge in [-0.2, -0.15) is 0 Å². The number of carbonyl (C=O) groups excluding carboxylic acids is 1. The predicted molar refractivity (Wildman–Crippen MR) is 104 cm³/mol. The summed E-state index contributed by atoms with van der Waals surface area (Å²) in [5, 5.41) is 2.76. The number of rotatable bonds is 9. The van der Waals surface area contributed by atoms with Gasteiger partial charge in [0.05, 0.1) is 19.0 Å². The van der Waals surface area contributed by atoms with Crippen molar-refractivity contribution in [1.29, 1.82) is 0 Å². The molecule has 1 saturated carbocycles. The third-order valence-corrected chi connectivity index (χ3v) is 5.69. The first-order valence-electron chi connectivity index (χ1n) is 9.38. The predicted octanol–water partition coefficient (Wildman–Crippen LogP) is 1.98. The molecule has 1 aliphatic rings. The number of hydrogen-bond donors (Lipinski definition) is 2. The molecule has 10 nitrogen and oxygen atoms in total. The number of nitrogens with one attached hydrogen (secondary N) is 1. The molecule has 0 spiro atoms. The Balaban J connectivity index is 1.43. The van der Waals surface area contributed by atoms with Gasteiger partial charge in [0.25, 0.3) is 6.35 Å². The minimum absolute atomic E-state index is 0.00579. The van der Waals surface area contributed by atoms with Crippen LogP contribution in [0, 0.1) is 0 Å². The van der Waals surface area contributed by atoms with Crippen LogP contribution in [0.2, 0.25) is 0 Å². The van der Waals surface area contributed by atoms with Gasteiger partial charge >= 0.3 is 13.9 Å². The fraction of sp³-hybridized carbons (Fsp3) is 0.647. The second-order valence-electron chi connectivity index (χ2n) is 7.01. The molecule has 3 N–H and O–H groups in total. The highest BCUT2D eigenvalue weighted by atomic mass is 31.1. The van der Waals surface area contributed by atoms with E-state index in [1.807, 2.05) is 6.92 Å². The molecule has 0 aliphatic heterocycles. The fourth-order valence-electron chi connectivity index (χ4n) is 3.14. The van der Waals surface area contributed by atoms with Gasteiger partial charge in [0, 0.05) is 0 Å². The Labute approximate surface area is 164 Å². The third kappa shape index (κ3) is 5.21. The molecule has 1 fully saturated rings. The molecule has 0 amide bonds. The van der Waals surface area contributed by atoms with Gasteiger partial charge in [-0.1, -0.05) is 5.09 Å². The van der Waals surface area contributed by atoms with E-state index in [2.05, 4.69) is 20.0 Å². The average Bonchev–Trinajstić information content (AvgIpc) is 3.31. The van der Waals surface area contributed by atoms with Crippen molar-refractivity contribution in [1.82, 2.24) is 24.6 Å². The van der Waals surface area contributed by atoms with Gasteiger partial charge in [-0.25, -0.2) is 15.0 Å². The molecule has 0 saturated heterocycles. The van der Waals surface area contributed by atoms with E-state index in [4.69, 9.17) is 15.2 Å². The first kappa shape index (κ1) is 20.6. The van der Waals surface area contributed by atoms with Crippen molar-refractivity contribution in [2.24, 2.45) is 0 Å². The lowest BCUT2D eigenvalue weighted by atomic mass is 10.3. The first-order chi connectivity index (χ1) is 13.4. The van der Waals surface area contributed by atoms with Crippen LogP contribution in [0.4, 0.5) is 5.82 Å². The Morgan fingerprint density at radius 2 is 2.11 bits per heavy atom. The van der Waals surface area contributed by atoms with Crippen LogP contribution in [0.3, 0.4) is 0 Å². The van der Waals surface area contributed by atoms with Crippen LogP contribution in [0.1, 0.15) is 39.5 Å². The molecule has 152 valence electrons. The normalized spacial score (nSPS) is 17.6. The number of nitrogen functional groups attached to an aromatic ring is 1. The molecule has 3 atom stereocenters. The summed E-state index contributed by atoms with van der Waals surface area (Å²) < 4.78 is 25.1. The maximum atomic E-state index is 12.2. The fourth-order valence-corrected chi connectivity index (χ4v) is 4.14. The summed E-state index contributed by atoms with van der Waals surface area (Å²) in [5.74, 6) is -0.0477. The van der Waals surface area contributed by atoms with Crippen molar-refractivity contribution < 1.29 is 18.8 Å². The van der Waals surface area contributed by atoms with E-state index in [-0.39, 0.29) is 24.5 Å². The maximum absolute atomic E-state index is 12.2. The lowest BCUT2D eigenvalue weighted by molar-refractivity contribution is -0.150. The topological polar surface area (TPSA) is 134 Å². The second-order valence-corrected chi connectivity index (χ2v) is 8.28. The maximum Gasteiger partial charge on any atom is 0.461 e. The van der Waals surface area contributed by atoms with Gasteiger partial charge in [0.1, 0.15) is 24.0 Å². The van der Waals surface area contributed by atoms with Crippen molar-refractivity contribution in [2.75, 3.05) is 12.1 Å². The van der Waals surface area contributed by atoms with Crippen LogP contribution in [-0.4, -0.2) is 50.1 Å². The van der Waals surface area contributed by atoms with Crippen molar-refractivity contribution >= 4 is 30.9 Å². The summed E-state index contributed by atoms with van der Waals surface area (Å²) in [6, 6.07) is -0.639. The first-order valence-corrected chi connectivity index (χ1v) is 10.8. The smallest absolute Gasteiger partial charge is 0.461 e. The Morgan fingerprint density at radius 3 is 2.86 bits per heavy atom. The van der Waals surface area contributed by atoms with Gasteiger partial charge in [0.2, 0.25) is 0 Å². The average molecular weight is 409 g/mol. The van der Waals surface area contributed by atoms with E-state index in [1.54, 1.807) is 17.8 Å². The van der Waals surface area contributed by atoms with E-state index in [0.29, 0.717) is 23.5 Å². The third-order valence-electron chi connectivity index (χ3n) is 4.64. The molecule has 2 heterocycles. The molecule has 3 rings (SSSR count). The van der Waals surface area contributed by atoms with Crippen LogP contribution >= 0.6 is 7.95 Å². The van der Waals surface area contributed by atoms with E-state index >= 15 is 0 Å². The summed E-state index contributed by atoms with van der Waals surface area (Å²) in [4.78, 5) is 24.3. The zero-order chi connectivity index (χ0) is 20.1. The number of hydrogen-bond acceptors (Lipinski definition) is 8. The van der Waals surface area contributed by atoms with Crippen molar-refractivity contribution in [3.63, 3.8) is 0 Å². The van der Waals surface area contributed by atoms with Gasteiger partial charge < -0.3 is 19.8 Å². The number of imidazole rings is 1. The Morgan fingerprint density at radius 1 is 1.36 bits per heavy atom. The lowest BCUT2D eigenvalue weighted by Gasteiger charge is -2.14. The zero-order valence-electron chi connectivity index (χ0n) is 16.1. The van der Waals surface area contributed by atoms with Gasteiger partial charge in [-0.05, 0) is 44.1 Å². The summed E-state index contributed by atoms with van der Waals surface area (Å²) >= 11 is 0. The van der Waals surface area contributed by atoms with E-state index < -0.39 is 14.0 Å². The van der Waals surface area contributed by atoms with Crippen molar-refractivity contribution in [3.8, 4) is 0 Å². The standard InChI is InChI=1S/C17H26N6O4P/c1-11(7-23-9-21-14-15(18)19-8-20-16(14)23)26-10-28(25)22-12(2)17(24)27-13-5-3-4-6-13/h8-9,11-13H,3-7,10H2,1-2H3,(H,22,25)(H2,18,19,20)/q+1. The number of nitrogens with two attached hydrogens (primary N) is 1. The molecule has 11 heteroatoms. The van der Waals surface area contributed by atoms with Gasteiger partial charge in [0.15, 0.2) is 11.5 Å². The van der Waals surface area contributed by atoms with Crippen molar-refractivity contribution in [2.45, 2.75) is 64.3 Å². The summed E-state index contributed by atoms with van der Waals surface area (Å²) in [5.41, 5.74) is 6.94. The molecule has 2 aromatic heterocycles. The number of aromatic nitrogens is 4. The monoisotopic (exact) mass is 409 g/mol. The number of nitrogens with zero attached hydrogens (tertiary/aromatic N) is 4. The van der Waals surface area contributed by atoms with Crippen LogP contribution in [0.15, 0.2) is 12.7 Å². The van der Waals surface area contributed by atoms with Crippen LogP contribution in [0.25, 0.3) is 11.2 Å². The van der Waals surface area contributed by atoms with Crippen molar-refractivity contribution in [3.05, 3.63) is 12.7 Å². The summed E-state index contributed by atoms with van der Waals surface area (Å²) in [6.07, 6.45) is 6.73. The molecular weight excluding hydrogens is 383 g/mol. The molecule has 1 aliphatic carbocycles. The molecule has 2 aromatic rings. The zero-order valence-corrected chi connectivity index (χ0v) is 17.0. The lowest BCUT2D eigenvalue weighted by Crippen LogP contribution is -2.33. The number of anilines is 1. The molecule has 0 aromatic carbocycles. The molecule has 28 heavy (non-hydrogen) atoms. The quantitative estimate of drug-likeness (QED) is 0.471. The molecule has 0 radical (unpaired) electrons. The van der Waals surface area contributed by atoms with Crippen LogP contribution in [-0.2, 0) is 25.4 Å². The van der Waals surface area contributed by atoms with Gasteiger partial charge in [-0.15, -0.1) is 0 Å². The minimum Gasteiger partial charge on any atom is -0.461 e. The highest BCUT2D eigenvalue weighted by molar-refractivity contribution is 7.42. The SMILES string of the molecule is CC(Cn1cnc2c(N)ncnc21)OC[P+](=O)NC(C)C(=O)OC1CCCC1. The highest BCUT2D eigenvalue weighted by Crippen LogP contribution is 2.23. The number of ether oxygens (including phenoxy) is 2. The molecular formula is C17H26N6O4P+. The molecule has 0 bridgehead atoms. The van der Waals surface area contributed by atoms with Crippen LogP contribution in [0.5, 0.6) is 0 Å². The van der Waals surface area contributed by atoms with E-state index in [1.165, 1.54) is 6.33 Å². The number of carbonyl (C=O) groups is 1. The van der Waals surface area contributed by atoms with Gasteiger partial charge in [-0.3, -0.25) is 4.79 Å². The number of esters is 1. The Hall–Kier alpha value is -2.16. The largest absolute Gasteiger partial charge is 0.461 e. The Bertz CT molecular complexity index is 838. The van der Waals surface area contributed by atoms with E-state index in [0.717, 1.165) is 25.7 Å². The molecule has 3 unspecified atom stereocenters. The second kappa shape index (κ2) is 9.36. The Kier molecular flexibility index (Phi) is 6.88. The number of fused-ring (bicyclic) bond motifs is 1. The van der Waals surface area contributed by atoms with Crippen LogP contribution < -0.4 is 10.8 Å². The highest BCUT2D eigenvalue weighted by Gasteiger charge is 2.29. The summed E-state index contributed by atoms with van der Waals surface area (Å²) in [6.45, 7) is 3.97. The summed E-state index contributed by atoms with van der Waals surface area (Å²) in [7, 11) is -1.90. The van der Waals surface area contributed by atoms with E-state index in [9.17, 15) is 9.36 Å².